The molecule has 2 atom stereocenters. The number of carbonyl (C=O) groups excluding carboxylic acids is 1. The minimum absolute atomic E-state index is 0.0364. The van der Waals surface area contributed by atoms with E-state index in [0.717, 1.165) is 18.9 Å². The number of rotatable bonds is 3. The molecule has 0 radical (unpaired) electrons. The second-order valence-corrected chi connectivity index (χ2v) is 5.24. The Morgan fingerprint density at radius 2 is 2.33 bits per heavy atom. The fraction of sp³-hybridized carbons (Fsp3) is 0.667. The van der Waals surface area contributed by atoms with E-state index in [1.54, 1.807) is 6.20 Å². The highest BCUT2D eigenvalue weighted by molar-refractivity contribution is 6.29. The molecule has 0 aromatic carbocycles. The molecule has 0 spiro atoms. The monoisotopic (exact) mass is 271 g/mol. The van der Waals surface area contributed by atoms with Gasteiger partial charge in [0.15, 0.2) is 0 Å². The summed E-state index contributed by atoms with van der Waals surface area (Å²) in [6.45, 7) is 4.39. The molecule has 6 heteroatoms. The molecule has 1 aromatic heterocycles. The van der Waals surface area contributed by atoms with Crippen LogP contribution in [-0.2, 0) is 23.1 Å². The molecule has 2 rings (SSSR count). The van der Waals surface area contributed by atoms with Crippen molar-refractivity contribution in [2.24, 2.45) is 18.9 Å². The number of carbonyl (C=O) groups is 1. The number of hydrogen-bond donors (Lipinski definition) is 0. The van der Waals surface area contributed by atoms with Crippen LogP contribution in [-0.4, -0.2) is 40.6 Å². The lowest BCUT2D eigenvalue weighted by Crippen LogP contribution is -2.25. The van der Waals surface area contributed by atoms with E-state index in [2.05, 4.69) is 16.8 Å². The average molecular weight is 272 g/mol. The van der Waals surface area contributed by atoms with Gasteiger partial charge in [-0.25, -0.2) is 4.98 Å². The molecule has 0 bridgehead atoms. The average Bonchev–Trinajstić information content (AvgIpc) is 2.86. The first-order valence-corrected chi connectivity index (χ1v) is 6.37. The van der Waals surface area contributed by atoms with Crippen molar-refractivity contribution in [2.75, 3.05) is 20.2 Å². The minimum Gasteiger partial charge on any atom is -0.469 e. The second kappa shape index (κ2) is 5.28. The molecule has 1 aliphatic heterocycles. The number of ether oxygens (including phenoxy) is 1. The largest absolute Gasteiger partial charge is 0.469 e. The molecule has 18 heavy (non-hydrogen) atoms. The smallest absolute Gasteiger partial charge is 0.310 e. The highest BCUT2D eigenvalue weighted by Crippen LogP contribution is 2.25. The topological polar surface area (TPSA) is 47.4 Å². The van der Waals surface area contributed by atoms with Crippen LogP contribution in [0.1, 0.15) is 12.7 Å². The van der Waals surface area contributed by atoms with Crippen molar-refractivity contribution < 1.29 is 9.53 Å². The van der Waals surface area contributed by atoms with Gasteiger partial charge in [-0.1, -0.05) is 18.5 Å². The summed E-state index contributed by atoms with van der Waals surface area (Å²) in [5.74, 6) is 1.07. The van der Waals surface area contributed by atoms with Gasteiger partial charge in [0.2, 0.25) is 0 Å². The molecular weight excluding hydrogens is 254 g/mol. The molecule has 100 valence electrons. The van der Waals surface area contributed by atoms with Crippen LogP contribution in [0.25, 0.3) is 0 Å². The van der Waals surface area contributed by atoms with E-state index < -0.39 is 0 Å². The van der Waals surface area contributed by atoms with Crippen molar-refractivity contribution in [2.45, 2.75) is 13.5 Å². The normalized spacial score (nSPS) is 24.4. The highest BCUT2D eigenvalue weighted by Gasteiger charge is 2.35. The van der Waals surface area contributed by atoms with Gasteiger partial charge >= 0.3 is 5.97 Å². The Kier molecular flexibility index (Phi) is 3.92. The van der Waals surface area contributed by atoms with Crippen LogP contribution in [0.15, 0.2) is 6.20 Å². The summed E-state index contributed by atoms with van der Waals surface area (Å²) in [6, 6.07) is 0. The molecule has 1 fully saturated rings. The van der Waals surface area contributed by atoms with Crippen molar-refractivity contribution in [1.82, 2.24) is 14.5 Å². The minimum atomic E-state index is -0.122. The Bertz CT molecular complexity index is 447. The second-order valence-electron chi connectivity index (χ2n) is 4.86. The Labute approximate surface area is 112 Å². The van der Waals surface area contributed by atoms with Crippen molar-refractivity contribution in [3.05, 3.63) is 17.2 Å². The van der Waals surface area contributed by atoms with Crippen molar-refractivity contribution >= 4 is 17.6 Å². The number of aromatic nitrogens is 2. The summed E-state index contributed by atoms with van der Waals surface area (Å²) in [5.41, 5.74) is 0. The number of hydrogen-bond acceptors (Lipinski definition) is 4. The summed E-state index contributed by atoms with van der Waals surface area (Å²) < 4.78 is 6.68. The van der Waals surface area contributed by atoms with Gasteiger partial charge in [-0.2, -0.15) is 0 Å². The first kappa shape index (κ1) is 13.4. The van der Waals surface area contributed by atoms with Crippen molar-refractivity contribution in [1.29, 1.82) is 0 Å². The Balaban J connectivity index is 2.01. The number of methoxy groups -OCH3 is 1. The third kappa shape index (κ3) is 2.52. The summed E-state index contributed by atoms with van der Waals surface area (Å²) in [5, 5.41) is 0.627. The molecule has 5 nitrogen and oxygen atoms in total. The predicted octanol–water partition coefficient (Wildman–Crippen LogP) is 1.31. The Hall–Kier alpha value is -1.07. The molecule has 2 unspecified atom stereocenters. The molecule has 1 aliphatic rings. The fourth-order valence-electron chi connectivity index (χ4n) is 2.43. The van der Waals surface area contributed by atoms with Gasteiger partial charge in [0.25, 0.3) is 0 Å². The van der Waals surface area contributed by atoms with Crippen LogP contribution >= 0.6 is 11.6 Å². The number of halogens is 1. The number of nitrogens with zero attached hydrogens (tertiary/aromatic N) is 3. The molecule has 1 aromatic rings. The van der Waals surface area contributed by atoms with Gasteiger partial charge in [-0.15, -0.1) is 0 Å². The third-order valence-electron chi connectivity index (χ3n) is 3.58. The number of imidazole rings is 1. The van der Waals surface area contributed by atoms with Crippen LogP contribution in [0.2, 0.25) is 5.15 Å². The van der Waals surface area contributed by atoms with Gasteiger partial charge in [-0.05, 0) is 5.92 Å². The quantitative estimate of drug-likeness (QED) is 0.778. The zero-order valence-corrected chi connectivity index (χ0v) is 11.6. The lowest BCUT2D eigenvalue weighted by molar-refractivity contribution is -0.146. The molecule has 0 amide bonds. The van der Waals surface area contributed by atoms with E-state index in [4.69, 9.17) is 16.3 Å². The summed E-state index contributed by atoms with van der Waals surface area (Å²) >= 11 is 5.95. The SMILES string of the molecule is COC(=O)C1CN(Cc2ncc(Cl)n2C)CC1C. The third-order valence-corrected chi connectivity index (χ3v) is 3.94. The van der Waals surface area contributed by atoms with E-state index in [0.29, 0.717) is 17.6 Å². The lowest BCUT2D eigenvalue weighted by atomic mass is 9.99. The van der Waals surface area contributed by atoms with Crippen molar-refractivity contribution in [3.8, 4) is 0 Å². The zero-order chi connectivity index (χ0) is 13.3. The molecule has 1 saturated heterocycles. The highest BCUT2D eigenvalue weighted by atomic mass is 35.5. The molecule has 0 aliphatic carbocycles. The maximum atomic E-state index is 11.6. The van der Waals surface area contributed by atoms with Gasteiger partial charge in [0, 0.05) is 20.1 Å². The Morgan fingerprint density at radius 3 is 2.89 bits per heavy atom. The molecule has 2 heterocycles. The van der Waals surface area contributed by atoms with Gasteiger partial charge in [-0.3, -0.25) is 9.69 Å². The standard InChI is InChI=1S/C12H18ClN3O2/c1-8-5-16(6-9(8)12(17)18-3)7-11-14-4-10(13)15(11)2/h4,8-9H,5-7H2,1-3H3. The van der Waals surface area contributed by atoms with E-state index in [1.807, 2.05) is 11.6 Å². The lowest BCUT2D eigenvalue weighted by Gasteiger charge is -2.15. The predicted molar refractivity (Wildman–Crippen MR) is 68.2 cm³/mol. The first-order chi connectivity index (χ1) is 8.52. The summed E-state index contributed by atoms with van der Waals surface area (Å²) in [6.07, 6.45) is 1.65. The summed E-state index contributed by atoms with van der Waals surface area (Å²) in [7, 11) is 3.33. The van der Waals surface area contributed by atoms with Crippen LogP contribution in [0.5, 0.6) is 0 Å². The van der Waals surface area contributed by atoms with Crippen LogP contribution in [0, 0.1) is 11.8 Å². The molecular formula is C12H18ClN3O2. The zero-order valence-electron chi connectivity index (χ0n) is 10.9. The Morgan fingerprint density at radius 1 is 1.61 bits per heavy atom. The van der Waals surface area contributed by atoms with E-state index in [-0.39, 0.29) is 11.9 Å². The maximum Gasteiger partial charge on any atom is 0.310 e. The van der Waals surface area contributed by atoms with Gasteiger partial charge < -0.3 is 9.30 Å². The molecule has 0 N–H and O–H groups in total. The van der Waals surface area contributed by atoms with Crippen LogP contribution in [0.4, 0.5) is 0 Å². The van der Waals surface area contributed by atoms with Gasteiger partial charge in [0.1, 0.15) is 11.0 Å². The van der Waals surface area contributed by atoms with Gasteiger partial charge in [0.05, 0.1) is 25.8 Å². The van der Waals surface area contributed by atoms with E-state index in [9.17, 15) is 4.79 Å². The first-order valence-electron chi connectivity index (χ1n) is 5.99. The van der Waals surface area contributed by atoms with E-state index in [1.165, 1.54) is 7.11 Å². The summed E-state index contributed by atoms with van der Waals surface area (Å²) in [4.78, 5) is 18.1. The van der Waals surface area contributed by atoms with Crippen LogP contribution < -0.4 is 0 Å². The fourth-order valence-corrected chi connectivity index (χ4v) is 2.57. The van der Waals surface area contributed by atoms with Crippen LogP contribution in [0.3, 0.4) is 0 Å². The van der Waals surface area contributed by atoms with Crippen molar-refractivity contribution in [3.63, 3.8) is 0 Å². The number of esters is 1. The molecule has 0 saturated carbocycles. The maximum absolute atomic E-state index is 11.6. The number of likely N-dealkylation sites (tertiary alicyclic amines) is 1. The van der Waals surface area contributed by atoms with E-state index >= 15 is 0 Å².